The van der Waals surface area contributed by atoms with Crippen LogP contribution in [-0.4, -0.2) is 54.3 Å². The molecule has 10 heteroatoms. The van der Waals surface area contributed by atoms with Gasteiger partial charge in [-0.1, -0.05) is 0 Å². The second kappa shape index (κ2) is 5.58. The number of nitriles is 1. The number of aromatic nitrogens is 2. The molecule has 1 aliphatic heterocycles. The standard InChI is InChI=1S/C12H17N5O4S/c1-14-10(9(8-13)11(18)15(2)12(14)19)16-4-6-17(7-5-16)22(3,20)21/h4-7H2,1-3H3. The molecule has 1 saturated heterocycles. The van der Waals surface area contributed by atoms with Crippen LogP contribution in [0.1, 0.15) is 5.56 Å². The predicted octanol–water partition coefficient (Wildman–Crippen LogP) is -1.96. The summed E-state index contributed by atoms with van der Waals surface area (Å²) >= 11 is 0. The largest absolute Gasteiger partial charge is 0.354 e. The minimum absolute atomic E-state index is 0.114. The molecule has 120 valence electrons. The van der Waals surface area contributed by atoms with Gasteiger partial charge in [0.15, 0.2) is 5.56 Å². The van der Waals surface area contributed by atoms with Crippen molar-refractivity contribution in [3.05, 3.63) is 26.4 Å². The number of hydrogen-bond acceptors (Lipinski definition) is 6. The third-order valence-corrected chi connectivity index (χ3v) is 5.06. The molecule has 22 heavy (non-hydrogen) atoms. The normalized spacial score (nSPS) is 16.5. The fraction of sp³-hybridized carbons (Fsp3) is 0.583. The van der Waals surface area contributed by atoms with Crippen LogP contribution in [0.15, 0.2) is 9.59 Å². The quantitative estimate of drug-likeness (QED) is 0.624. The van der Waals surface area contributed by atoms with Crippen molar-refractivity contribution in [2.24, 2.45) is 14.1 Å². The lowest BCUT2D eigenvalue weighted by molar-refractivity contribution is 0.384. The molecule has 9 nitrogen and oxygen atoms in total. The maximum atomic E-state index is 12.1. The molecule has 1 fully saturated rings. The lowest BCUT2D eigenvalue weighted by atomic mass is 10.2. The molecule has 0 amide bonds. The third-order valence-electron chi connectivity index (χ3n) is 3.75. The molecule has 0 unspecified atom stereocenters. The van der Waals surface area contributed by atoms with E-state index >= 15 is 0 Å². The van der Waals surface area contributed by atoms with Crippen LogP contribution in [0.4, 0.5) is 5.82 Å². The van der Waals surface area contributed by atoms with E-state index < -0.39 is 21.3 Å². The highest BCUT2D eigenvalue weighted by molar-refractivity contribution is 7.88. The summed E-state index contributed by atoms with van der Waals surface area (Å²) in [4.78, 5) is 25.8. The van der Waals surface area contributed by atoms with Crippen LogP contribution in [0.25, 0.3) is 0 Å². The molecule has 0 N–H and O–H groups in total. The lowest BCUT2D eigenvalue weighted by Gasteiger charge is -2.35. The van der Waals surface area contributed by atoms with Crippen LogP contribution in [0.2, 0.25) is 0 Å². The van der Waals surface area contributed by atoms with Gasteiger partial charge >= 0.3 is 5.69 Å². The monoisotopic (exact) mass is 327 g/mol. The van der Waals surface area contributed by atoms with E-state index in [4.69, 9.17) is 0 Å². The van der Waals surface area contributed by atoms with Gasteiger partial charge in [0.2, 0.25) is 10.0 Å². The zero-order valence-electron chi connectivity index (χ0n) is 12.6. The Labute approximate surface area is 127 Å². The molecule has 0 aromatic carbocycles. The van der Waals surface area contributed by atoms with Crippen LogP contribution in [0, 0.1) is 11.3 Å². The highest BCUT2D eigenvalue weighted by atomic mass is 32.2. The zero-order chi connectivity index (χ0) is 16.7. The number of nitrogens with zero attached hydrogens (tertiary/aromatic N) is 5. The van der Waals surface area contributed by atoms with Crippen LogP contribution >= 0.6 is 0 Å². The molecule has 2 heterocycles. The molecule has 0 atom stereocenters. The van der Waals surface area contributed by atoms with Gasteiger partial charge < -0.3 is 4.90 Å². The second-order valence-electron chi connectivity index (χ2n) is 5.17. The Bertz CT molecular complexity index is 853. The molecule has 0 saturated carbocycles. The van der Waals surface area contributed by atoms with Gasteiger partial charge in [0.05, 0.1) is 6.26 Å². The van der Waals surface area contributed by atoms with Crippen LogP contribution < -0.4 is 16.1 Å². The Balaban J connectivity index is 2.46. The van der Waals surface area contributed by atoms with Gasteiger partial charge in [0.25, 0.3) is 5.56 Å². The molecule has 1 aromatic rings. The van der Waals surface area contributed by atoms with Crippen molar-refractivity contribution in [1.29, 1.82) is 5.26 Å². The van der Waals surface area contributed by atoms with E-state index in [2.05, 4.69) is 0 Å². The van der Waals surface area contributed by atoms with Crippen molar-refractivity contribution in [1.82, 2.24) is 13.4 Å². The summed E-state index contributed by atoms with van der Waals surface area (Å²) in [7, 11) is -0.470. The molecular weight excluding hydrogens is 310 g/mol. The van der Waals surface area contributed by atoms with Crippen molar-refractivity contribution in [2.45, 2.75) is 0 Å². The van der Waals surface area contributed by atoms with E-state index in [9.17, 15) is 23.3 Å². The van der Waals surface area contributed by atoms with Crippen LogP contribution in [0.3, 0.4) is 0 Å². The first-order valence-electron chi connectivity index (χ1n) is 6.58. The maximum Gasteiger partial charge on any atom is 0.332 e. The highest BCUT2D eigenvalue weighted by Crippen LogP contribution is 2.17. The molecule has 1 aromatic heterocycles. The van der Waals surface area contributed by atoms with Crippen molar-refractivity contribution < 1.29 is 8.42 Å². The first-order chi connectivity index (χ1) is 10.2. The van der Waals surface area contributed by atoms with E-state index in [-0.39, 0.29) is 24.5 Å². The van der Waals surface area contributed by atoms with Crippen molar-refractivity contribution in [3.8, 4) is 6.07 Å². The predicted molar refractivity (Wildman–Crippen MR) is 80.3 cm³/mol. The van der Waals surface area contributed by atoms with Gasteiger partial charge in [-0.05, 0) is 0 Å². The lowest BCUT2D eigenvalue weighted by Crippen LogP contribution is -2.51. The van der Waals surface area contributed by atoms with Gasteiger partial charge in [-0.15, -0.1) is 0 Å². The average molecular weight is 327 g/mol. The smallest absolute Gasteiger partial charge is 0.332 e. The summed E-state index contributed by atoms with van der Waals surface area (Å²) in [5.41, 5.74) is -1.28. The molecule has 0 aliphatic carbocycles. The number of piperazine rings is 1. The van der Waals surface area contributed by atoms with Crippen molar-refractivity contribution >= 4 is 15.8 Å². The molecule has 0 bridgehead atoms. The van der Waals surface area contributed by atoms with Crippen molar-refractivity contribution in [3.63, 3.8) is 0 Å². The van der Waals surface area contributed by atoms with E-state index in [1.165, 1.54) is 23.0 Å². The highest BCUT2D eigenvalue weighted by Gasteiger charge is 2.27. The van der Waals surface area contributed by atoms with Gasteiger partial charge in [0.1, 0.15) is 11.9 Å². The first-order valence-corrected chi connectivity index (χ1v) is 8.43. The van der Waals surface area contributed by atoms with E-state index in [1.807, 2.05) is 6.07 Å². The summed E-state index contributed by atoms with van der Waals surface area (Å²) in [5.74, 6) is 0.240. The van der Waals surface area contributed by atoms with Gasteiger partial charge in [0, 0.05) is 40.3 Å². The molecule has 1 aliphatic rings. The van der Waals surface area contributed by atoms with E-state index in [0.29, 0.717) is 13.1 Å². The zero-order valence-corrected chi connectivity index (χ0v) is 13.4. The molecule has 0 radical (unpaired) electrons. The van der Waals surface area contributed by atoms with Crippen LogP contribution in [0.5, 0.6) is 0 Å². The maximum absolute atomic E-state index is 12.1. The Kier molecular flexibility index (Phi) is 4.12. The first kappa shape index (κ1) is 16.3. The third kappa shape index (κ3) is 2.65. The molecular formula is C12H17N5O4S. The van der Waals surface area contributed by atoms with Crippen LogP contribution in [-0.2, 0) is 24.1 Å². The number of sulfonamides is 1. The van der Waals surface area contributed by atoms with E-state index in [1.54, 1.807) is 4.90 Å². The summed E-state index contributed by atoms with van der Waals surface area (Å²) in [6.45, 7) is 1.10. The summed E-state index contributed by atoms with van der Waals surface area (Å²) in [6.07, 6.45) is 1.14. The second-order valence-corrected chi connectivity index (χ2v) is 7.15. The average Bonchev–Trinajstić information content (AvgIpc) is 2.48. The van der Waals surface area contributed by atoms with Gasteiger partial charge in [-0.2, -0.15) is 9.57 Å². The minimum Gasteiger partial charge on any atom is -0.354 e. The number of hydrogen-bond donors (Lipinski definition) is 0. The van der Waals surface area contributed by atoms with E-state index in [0.717, 1.165) is 10.8 Å². The Morgan fingerprint density at radius 1 is 1.05 bits per heavy atom. The minimum atomic E-state index is -3.27. The summed E-state index contributed by atoms with van der Waals surface area (Å²) in [6, 6.07) is 1.84. The summed E-state index contributed by atoms with van der Waals surface area (Å²) in [5, 5.41) is 9.24. The van der Waals surface area contributed by atoms with Gasteiger partial charge in [-0.3, -0.25) is 13.9 Å². The number of anilines is 1. The number of rotatable bonds is 2. The van der Waals surface area contributed by atoms with Gasteiger partial charge in [-0.25, -0.2) is 13.2 Å². The Morgan fingerprint density at radius 2 is 1.59 bits per heavy atom. The fourth-order valence-corrected chi connectivity index (χ4v) is 3.36. The Morgan fingerprint density at radius 3 is 2.05 bits per heavy atom. The topological polar surface area (TPSA) is 108 Å². The SMILES string of the molecule is Cn1c(N2CCN(S(C)(=O)=O)CC2)c(C#N)c(=O)n(C)c1=O. The van der Waals surface area contributed by atoms with Crippen molar-refractivity contribution in [2.75, 3.05) is 37.3 Å². The fourth-order valence-electron chi connectivity index (χ4n) is 2.53. The Hall–Kier alpha value is -2.12. The molecule has 2 rings (SSSR count). The summed E-state index contributed by atoms with van der Waals surface area (Å²) < 4.78 is 26.5. The molecule has 0 spiro atoms.